The van der Waals surface area contributed by atoms with Crippen LogP contribution in [-0.2, 0) is 4.79 Å². The highest BCUT2D eigenvalue weighted by molar-refractivity contribution is 7.99. The zero-order chi connectivity index (χ0) is 14.9. The highest BCUT2D eigenvalue weighted by Crippen LogP contribution is 2.37. The number of halogens is 1. The minimum Gasteiger partial charge on any atom is -0.349 e. The van der Waals surface area contributed by atoms with Gasteiger partial charge < -0.3 is 10.6 Å². The summed E-state index contributed by atoms with van der Waals surface area (Å²) in [6.45, 7) is 3.71. The van der Waals surface area contributed by atoms with Crippen molar-refractivity contribution in [2.75, 3.05) is 18.8 Å². The molecule has 1 aromatic rings. The van der Waals surface area contributed by atoms with Crippen molar-refractivity contribution in [3.8, 4) is 0 Å². The fraction of sp³-hybridized carbons (Fsp3) is 0.562. The van der Waals surface area contributed by atoms with E-state index in [1.165, 1.54) is 6.07 Å². The van der Waals surface area contributed by atoms with Crippen LogP contribution in [0.1, 0.15) is 37.8 Å². The highest BCUT2D eigenvalue weighted by atomic mass is 32.2. The van der Waals surface area contributed by atoms with Crippen LogP contribution < -0.4 is 10.6 Å². The molecule has 114 valence electrons. The largest absolute Gasteiger partial charge is 0.349 e. The standard InChI is InChI=1S/C16H21FN2OS/c1-16(6-2-7-18-10-16)15(20)19-13-5-8-21-14-4-3-11(17)9-12(13)14/h3-4,9,13,18H,2,5-8,10H2,1H3,(H,19,20). The van der Waals surface area contributed by atoms with Gasteiger partial charge in [0.1, 0.15) is 5.82 Å². The Morgan fingerprint density at radius 3 is 3.14 bits per heavy atom. The van der Waals surface area contributed by atoms with Gasteiger partial charge in [0.05, 0.1) is 11.5 Å². The molecule has 21 heavy (non-hydrogen) atoms. The van der Waals surface area contributed by atoms with Gasteiger partial charge in [-0.15, -0.1) is 11.8 Å². The van der Waals surface area contributed by atoms with Crippen LogP contribution in [0.4, 0.5) is 4.39 Å². The van der Waals surface area contributed by atoms with Gasteiger partial charge in [0.25, 0.3) is 0 Å². The summed E-state index contributed by atoms with van der Waals surface area (Å²) in [6.07, 6.45) is 2.79. The van der Waals surface area contributed by atoms with Crippen molar-refractivity contribution in [1.29, 1.82) is 0 Å². The van der Waals surface area contributed by atoms with Gasteiger partial charge in [0.15, 0.2) is 0 Å². The van der Waals surface area contributed by atoms with Gasteiger partial charge in [0, 0.05) is 17.2 Å². The maximum atomic E-state index is 13.5. The lowest BCUT2D eigenvalue weighted by molar-refractivity contribution is -0.132. The molecule has 0 radical (unpaired) electrons. The van der Waals surface area contributed by atoms with Crippen molar-refractivity contribution in [3.63, 3.8) is 0 Å². The lowest BCUT2D eigenvalue weighted by Crippen LogP contribution is -2.49. The minimum atomic E-state index is -0.351. The Morgan fingerprint density at radius 2 is 2.38 bits per heavy atom. The molecule has 1 aromatic carbocycles. The van der Waals surface area contributed by atoms with Crippen LogP contribution >= 0.6 is 11.8 Å². The molecule has 0 aromatic heterocycles. The summed E-state index contributed by atoms with van der Waals surface area (Å²) in [7, 11) is 0. The first-order valence-corrected chi connectivity index (χ1v) is 8.51. The monoisotopic (exact) mass is 308 g/mol. The van der Waals surface area contributed by atoms with Crippen molar-refractivity contribution in [3.05, 3.63) is 29.6 Å². The number of fused-ring (bicyclic) bond motifs is 1. The molecule has 5 heteroatoms. The average molecular weight is 308 g/mol. The third-order valence-corrected chi connectivity index (χ3v) is 5.58. The second-order valence-corrected chi connectivity index (χ2v) is 7.32. The molecule has 0 bridgehead atoms. The smallest absolute Gasteiger partial charge is 0.227 e. The topological polar surface area (TPSA) is 41.1 Å². The number of carbonyl (C=O) groups is 1. The summed E-state index contributed by atoms with van der Waals surface area (Å²) < 4.78 is 13.5. The molecule has 0 aliphatic carbocycles. The summed E-state index contributed by atoms with van der Waals surface area (Å²) in [5, 5.41) is 6.45. The van der Waals surface area contributed by atoms with Gasteiger partial charge in [-0.1, -0.05) is 0 Å². The van der Waals surface area contributed by atoms with E-state index in [-0.39, 0.29) is 23.2 Å². The molecule has 1 fully saturated rings. The number of benzene rings is 1. The molecule has 3 rings (SSSR count). The molecule has 1 saturated heterocycles. The van der Waals surface area contributed by atoms with E-state index in [1.807, 2.05) is 13.0 Å². The van der Waals surface area contributed by atoms with Crippen LogP contribution in [0.15, 0.2) is 23.1 Å². The molecule has 2 N–H and O–H groups in total. The van der Waals surface area contributed by atoms with Crippen LogP contribution in [0.5, 0.6) is 0 Å². The number of rotatable bonds is 2. The van der Waals surface area contributed by atoms with Gasteiger partial charge in [-0.3, -0.25) is 4.79 Å². The first-order valence-electron chi connectivity index (χ1n) is 7.52. The van der Waals surface area contributed by atoms with E-state index in [0.29, 0.717) is 0 Å². The summed E-state index contributed by atoms with van der Waals surface area (Å²) in [6, 6.07) is 4.80. The molecule has 0 saturated carbocycles. The molecule has 2 heterocycles. The van der Waals surface area contributed by atoms with Crippen LogP contribution in [-0.4, -0.2) is 24.7 Å². The third kappa shape index (κ3) is 3.09. The number of nitrogens with one attached hydrogen (secondary N) is 2. The number of amides is 1. The van der Waals surface area contributed by atoms with Gasteiger partial charge >= 0.3 is 0 Å². The summed E-state index contributed by atoms with van der Waals surface area (Å²) >= 11 is 1.73. The van der Waals surface area contributed by atoms with Gasteiger partial charge in [0.2, 0.25) is 5.91 Å². The number of thioether (sulfide) groups is 1. The first kappa shape index (κ1) is 14.9. The van der Waals surface area contributed by atoms with E-state index in [9.17, 15) is 9.18 Å². The maximum Gasteiger partial charge on any atom is 0.227 e. The highest BCUT2D eigenvalue weighted by Gasteiger charge is 2.36. The first-order chi connectivity index (χ1) is 10.1. The van der Waals surface area contributed by atoms with Crippen LogP contribution in [0.3, 0.4) is 0 Å². The SMILES string of the molecule is CC1(C(=O)NC2CCSc3ccc(F)cc32)CCCNC1. The molecular weight excluding hydrogens is 287 g/mol. The number of hydrogen-bond donors (Lipinski definition) is 2. The predicted octanol–water partition coefficient (Wildman–Crippen LogP) is 2.87. The second kappa shape index (κ2) is 5.97. The van der Waals surface area contributed by atoms with Gasteiger partial charge in [-0.2, -0.15) is 0 Å². The quantitative estimate of drug-likeness (QED) is 0.883. The summed E-state index contributed by atoms with van der Waals surface area (Å²) in [5.41, 5.74) is 0.572. The van der Waals surface area contributed by atoms with Crippen molar-refractivity contribution in [2.24, 2.45) is 5.41 Å². The van der Waals surface area contributed by atoms with Crippen molar-refractivity contribution in [1.82, 2.24) is 10.6 Å². The Hall–Kier alpha value is -1.07. The van der Waals surface area contributed by atoms with Gasteiger partial charge in [-0.05, 0) is 56.5 Å². The molecule has 2 atom stereocenters. The fourth-order valence-electron chi connectivity index (χ4n) is 3.10. The second-order valence-electron chi connectivity index (χ2n) is 6.19. The Balaban J connectivity index is 1.77. The molecule has 1 amide bonds. The van der Waals surface area contributed by atoms with E-state index < -0.39 is 0 Å². The molecule has 2 unspecified atom stereocenters. The summed E-state index contributed by atoms with van der Waals surface area (Å²) in [4.78, 5) is 13.7. The van der Waals surface area contributed by atoms with E-state index >= 15 is 0 Å². The Bertz CT molecular complexity index is 543. The summed E-state index contributed by atoms with van der Waals surface area (Å²) in [5.74, 6) is 0.807. The van der Waals surface area contributed by atoms with E-state index in [2.05, 4.69) is 10.6 Å². The average Bonchev–Trinajstić information content (AvgIpc) is 2.48. The minimum absolute atomic E-state index is 0.0665. The Kier molecular flexibility index (Phi) is 4.22. The lowest BCUT2D eigenvalue weighted by Gasteiger charge is -2.35. The van der Waals surface area contributed by atoms with Crippen molar-refractivity contribution < 1.29 is 9.18 Å². The van der Waals surface area contributed by atoms with Gasteiger partial charge in [-0.25, -0.2) is 4.39 Å². The van der Waals surface area contributed by atoms with Crippen molar-refractivity contribution in [2.45, 2.75) is 37.1 Å². The maximum absolute atomic E-state index is 13.5. The molecule has 2 aliphatic rings. The molecule has 2 aliphatic heterocycles. The zero-order valence-electron chi connectivity index (χ0n) is 12.2. The van der Waals surface area contributed by atoms with E-state index in [4.69, 9.17) is 0 Å². The molecule has 0 spiro atoms. The fourth-order valence-corrected chi connectivity index (χ4v) is 4.20. The lowest BCUT2D eigenvalue weighted by atomic mass is 9.81. The normalized spacial score (nSPS) is 28.8. The van der Waals surface area contributed by atoms with E-state index in [1.54, 1.807) is 17.8 Å². The van der Waals surface area contributed by atoms with E-state index in [0.717, 1.165) is 48.6 Å². The van der Waals surface area contributed by atoms with Crippen LogP contribution in [0, 0.1) is 11.2 Å². The number of hydrogen-bond acceptors (Lipinski definition) is 3. The zero-order valence-corrected chi connectivity index (χ0v) is 13.1. The number of carbonyl (C=O) groups excluding carboxylic acids is 1. The van der Waals surface area contributed by atoms with Crippen LogP contribution in [0.2, 0.25) is 0 Å². The third-order valence-electron chi connectivity index (χ3n) is 4.46. The predicted molar refractivity (Wildman–Crippen MR) is 82.8 cm³/mol. The molecular formula is C16H21FN2OS. The van der Waals surface area contributed by atoms with Crippen LogP contribution in [0.25, 0.3) is 0 Å². The Labute approximate surface area is 129 Å². The number of piperidine rings is 1. The van der Waals surface area contributed by atoms with Crippen molar-refractivity contribution >= 4 is 17.7 Å². The Morgan fingerprint density at radius 1 is 1.52 bits per heavy atom. The molecule has 3 nitrogen and oxygen atoms in total.